The maximum absolute atomic E-state index is 11.9. The number of amides is 1. The summed E-state index contributed by atoms with van der Waals surface area (Å²) in [6.45, 7) is 0. The van der Waals surface area contributed by atoms with Gasteiger partial charge in [0.15, 0.2) is 6.10 Å². The topological polar surface area (TPSA) is 129 Å². The van der Waals surface area contributed by atoms with E-state index >= 15 is 0 Å². The average Bonchev–Trinajstić information content (AvgIpc) is 2.62. The minimum Gasteiger partial charge on any atom is -0.509 e. The first-order valence-corrected chi connectivity index (χ1v) is 7.75. The molecule has 0 saturated heterocycles. The second kappa shape index (κ2) is 11.3. The molecule has 1 amide bonds. The van der Waals surface area contributed by atoms with Crippen molar-refractivity contribution in [2.75, 3.05) is 0 Å². The Labute approximate surface area is 157 Å². The molecule has 8 nitrogen and oxygen atoms in total. The number of hydrogen-bond acceptors (Lipinski definition) is 6. The van der Waals surface area contributed by atoms with Crippen molar-refractivity contribution in [3.05, 3.63) is 41.4 Å². The number of hydrogen-bond donors (Lipinski definition) is 3. The Morgan fingerprint density at radius 1 is 1.22 bits per heavy atom. The summed E-state index contributed by atoms with van der Waals surface area (Å²) in [5.74, 6) is 2.90. The molecule has 0 unspecified atom stereocenters. The van der Waals surface area contributed by atoms with Crippen molar-refractivity contribution < 1.29 is 29.9 Å². The lowest BCUT2D eigenvalue weighted by Gasteiger charge is -2.12. The van der Waals surface area contributed by atoms with Crippen LogP contribution >= 0.6 is 0 Å². The Morgan fingerprint density at radius 3 is 2.48 bits per heavy atom. The second-order valence-electron chi connectivity index (χ2n) is 5.40. The highest BCUT2D eigenvalue weighted by Crippen LogP contribution is 2.08. The highest BCUT2D eigenvalue weighted by atomic mass is 17.1. The van der Waals surface area contributed by atoms with E-state index in [-0.39, 0.29) is 18.6 Å². The number of benzene rings is 1. The molecule has 0 aliphatic heterocycles. The van der Waals surface area contributed by atoms with Crippen LogP contribution in [0.1, 0.15) is 12.0 Å². The van der Waals surface area contributed by atoms with Crippen LogP contribution in [0.15, 0.2) is 45.9 Å². The second-order valence-corrected chi connectivity index (χ2v) is 5.40. The number of rotatable bonds is 7. The van der Waals surface area contributed by atoms with E-state index in [0.717, 1.165) is 6.20 Å². The number of aromatic hydroxyl groups is 1. The molecule has 1 rings (SSSR count). The fraction of sp³-hybridized carbons (Fsp3) is 0.176. The SMILES string of the molecule is Bc1cc(C[C@@H](OO)C(=O)N=C=C=CN=C=C=CCC(=O)O)cc(B)c1O. The van der Waals surface area contributed by atoms with E-state index in [0.29, 0.717) is 16.5 Å². The summed E-state index contributed by atoms with van der Waals surface area (Å²) in [5.41, 5.74) is 6.72. The molecule has 0 saturated carbocycles. The van der Waals surface area contributed by atoms with Gasteiger partial charge in [0.2, 0.25) is 0 Å². The molecule has 0 radical (unpaired) electrons. The lowest BCUT2D eigenvalue weighted by atomic mass is 9.83. The number of aliphatic imine (C=N–C) groups is 2. The van der Waals surface area contributed by atoms with Crippen molar-refractivity contribution in [1.82, 2.24) is 0 Å². The standard InChI is InChI=1S/C17H16B2N2O6/c18-12-8-11(9-13(19)16(12)24)10-14(27-26)17(25)21-7-3-6-20-5-2-1-4-15(22)23/h1,6,8-9,14,24,26H,4,10,18-19H2,(H,22,23)/t14-/m1/s1. The van der Waals surface area contributed by atoms with Crippen LogP contribution in [0, 0.1) is 0 Å². The summed E-state index contributed by atoms with van der Waals surface area (Å²) < 4.78 is 0. The van der Waals surface area contributed by atoms with E-state index < -0.39 is 18.0 Å². The van der Waals surface area contributed by atoms with E-state index in [1.165, 1.54) is 6.08 Å². The van der Waals surface area contributed by atoms with Gasteiger partial charge >= 0.3 is 5.97 Å². The molecule has 10 heteroatoms. The molecule has 0 spiro atoms. The first-order valence-electron chi connectivity index (χ1n) is 7.75. The van der Waals surface area contributed by atoms with Crippen LogP contribution in [0.3, 0.4) is 0 Å². The maximum Gasteiger partial charge on any atom is 0.307 e. The molecule has 0 aromatic heterocycles. The number of aliphatic carboxylic acids is 1. The van der Waals surface area contributed by atoms with Gasteiger partial charge in [0, 0.05) is 18.2 Å². The zero-order valence-electron chi connectivity index (χ0n) is 14.8. The van der Waals surface area contributed by atoms with Crippen LogP contribution in [-0.4, -0.2) is 60.9 Å². The van der Waals surface area contributed by atoms with Crippen LogP contribution in [-0.2, 0) is 20.9 Å². The Bertz CT molecular complexity index is 894. The molecule has 27 heavy (non-hydrogen) atoms. The quantitative estimate of drug-likeness (QED) is 0.169. The van der Waals surface area contributed by atoms with Gasteiger partial charge in [-0.25, -0.2) is 4.89 Å². The van der Waals surface area contributed by atoms with Gasteiger partial charge in [-0.15, -0.1) is 0 Å². The monoisotopic (exact) mass is 366 g/mol. The predicted molar refractivity (Wildman–Crippen MR) is 104 cm³/mol. The van der Waals surface area contributed by atoms with Gasteiger partial charge in [-0.05, 0) is 28.3 Å². The van der Waals surface area contributed by atoms with Crippen LogP contribution in [0.25, 0.3) is 0 Å². The summed E-state index contributed by atoms with van der Waals surface area (Å²) in [4.78, 5) is 33.4. The Hall–Kier alpha value is -3.33. The number of carbonyl (C=O) groups excluding carboxylic acids is 1. The fourth-order valence-electron chi connectivity index (χ4n) is 2.02. The van der Waals surface area contributed by atoms with Gasteiger partial charge in [0.1, 0.15) is 21.4 Å². The van der Waals surface area contributed by atoms with E-state index in [1.54, 1.807) is 27.8 Å². The van der Waals surface area contributed by atoms with Gasteiger partial charge in [0.05, 0.1) is 12.6 Å². The van der Waals surface area contributed by atoms with Crippen molar-refractivity contribution in [1.29, 1.82) is 0 Å². The lowest BCUT2D eigenvalue weighted by molar-refractivity contribution is -0.270. The van der Waals surface area contributed by atoms with Crippen LogP contribution in [0.5, 0.6) is 5.75 Å². The molecule has 0 heterocycles. The van der Waals surface area contributed by atoms with Crippen molar-refractivity contribution >= 4 is 50.2 Å². The third-order valence-corrected chi connectivity index (χ3v) is 3.24. The molecule has 0 aliphatic carbocycles. The number of carbonyl (C=O) groups is 2. The number of phenolic OH excluding ortho intramolecular Hbond substituents is 1. The zero-order valence-corrected chi connectivity index (χ0v) is 14.8. The predicted octanol–water partition coefficient (Wildman–Crippen LogP) is -1.97. The lowest BCUT2D eigenvalue weighted by Crippen LogP contribution is -2.26. The molecule has 0 bridgehead atoms. The van der Waals surface area contributed by atoms with Crippen molar-refractivity contribution in [2.45, 2.75) is 18.9 Å². The van der Waals surface area contributed by atoms with Crippen LogP contribution in [0.2, 0.25) is 0 Å². The normalized spacial score (nSPS) is 10.3. The first kappa shape index (κ1) is 21.7. The number of phenols is 1. The molecule has 1 atom stereocenters. The van der Waals surface area contributed by atoms with Crippen molar-refractivity contribution in [2.24, 2.45) is 9.98 Å². The highest BCUT2D eigenvalue weighted by Gasteiger charge is 2.20. The van der Waals surface area contributed by atoms with Crippen LogP contribution < -0.4 is 10.9 Å². The number of nitrogens with zero attached hydrogens (tertiary/aromatic N) is 2. The van der Waals surface area contributed by atoms with E-state index in [1.807, 2.05) is 0 Å². The third kappa shape index (κ3) is 8.06. The average molecular weight is 366 g/mol. The Morgan fingerprint density at radius 2 is 1.89 bits per heavy atom. The molecular formula is C17H16B2N2O6. The first-order chi connectivity index (χ1) is 12.8. The van der Waals surface area contributed by atoms with Crippen LogP contribution in [0.4, 0.5) is 0 Å². The third-order valence-electron chi connectivity index (χ3n) is 3.24. The largest absolute Gasteiger partial charge is 0.509 e. The molecular weight excluding hydrogens is 350 g/mol. The fourth-order valence-corrected chi connectivity index (χ4v) is 2.02. The minimum atomic E-state index is -1.23. The van der Waals surface area contributed by atoms with Gasteiger partial charge in [-0.1, -0.05) is 17.9 Å². The molecule has 0 fully saturated rings. The Balaban J connectivity index is 2.79. The molecule has 1 aromatic rings. The van der Waals surface area contributed by atoms with Gasteiger partial charge in [0.25, 0.3) is 5.91 Å². The number of carboxylic acids is 1. The van der Waals surface area contributed by atoms with Crippen molar-refractivity contribution in [3.8, 4) is 5.75 Å². The molecule has 1 aromatic carbocycles. The van der Waals surface area contributed by atoms with Gasteiger partial charge in [-0.2, -0.15) is 9.98 Å². The smallest absolute Gasteiger partial charge is 0.307 e. The summed E-state index contributed by atoms with van der Waals surface area (Å²) in [6.07, 6.45) is 0.962. The molecule has 136 valence electrons. The van der Waals surface area contributed by atoms with Crippen molar-refractivity contribution in [3.63, 3.8) is 0 Å². The van der Waals surface area contributed by atoms with Gasteiger partial charge in [-0.3, -0.25) is 14.8 Å². The minimum absolute atomic E-state index is 0.0570. The van der Waals surface area contributed by atoms with E-state index in [2.05, 4.69) is 38.1 Å². The Kier molecular flexibility index (Phi) is 9.10. The summed E-state index contributed by atoms with van der Waals surface area (Å²) in [7, 11) is 3.44. The van der Waals surface area contributed by atoms with Gasteiger partial charge < -0.3 is 10.2 Å². The van der Waals surface area contributed by atoms with E-state index in [4.69, 9.17) is 10.4 Å². The van der Waals surface area contributed by atoms with E-state index in [9.17, 15) is 14.7 Å². The summed E-state index contributed by atoms with van der Waals surface area (Å²) >= 11 is 0. The maximum atomic E-state index is 11.9. The number of carboxylic acid groups (broad SMARTS) is 1. The molecule has 0 aliphatic rings. The molecule has 3 N–H and O–H groups in total. The summed E-state index contributed by atoms with van der Waals surface area (Å²) in [6, 6.07) is 3.36. The summed E-state index contributed by atoms with van der Waals surface area (Å²) in [5, 5.41) is 27.1. The highest BCUT2D eigenvalue weighted by molar-refractivity contribution is 6.41. The zero-order chi connectivity index (χ0) is 20.2.